The number of aromatic nitrogens is 1. The molecule has 5 nitrogen and oxygen atoms in total. The number of hydrogen-bond donors (Lipinski definition) is 2. The van der Waals surface area contributed by atoms with Crippen molar-refractivity contribution in [3.63, 3.8) is 0 Å². The largest absolute Gasteiger partial charge is 0.396 e. The van der Waals surface area contributed by atoms with E-state index in [-0.39, 0.29) is 24.1 Å². The van der Waals surface area contributed by atoms with Crippen LogP contribution in [0, 0.1) is 0 Å². The van der Waals surface area contributed by atoms with E-state index >= 15 is 0 Å². The summed E-state index contributed by atoms with van der Waals surface area (Å²) in [6.45, 7) is 2.34. The smallest absolute Gasteiger partial charge is 0.254 e. The summed E-state index contributed by atoms with van der Waals surface area (Å²) < 4.78 is 0. The molecule has 0 radical (unpaired) electrons. The Bertz CT molecular complexity index is 667. The molecule has 1 unspecified atom stereocenters. The van der Waals surface area contributed by atoms with Crippen LogP contribution in [0.4, 0.5) is 0 Å². The van der Waals surface area contributed by atoms with Crippen LogP contribution in [0.15, 0.2) is 53.5 Å². The Balaban J connectivity index is 2.27. The third-order valence-corrected chi connectivity index (χ3v) is 3.56. The van der Waals surface area contributed by atoms with E-state index < -0.39 is 0 Å². The molecule has 2 aromatic rings. The SMILES string of the molecule is CC(CCO)N(Cc1ccccc1)C(=O)c1cc[nH]c(=O)c1. The van der Waals surface area contributed by atoms with Crippen molar-refractivity contribution in [1.82, 2.24) is 9.88 Å². The van der Waals surface area contributed by atoms with Crippen LogP contribution >= 0.6 is 0 Å². The second-order valence-electron chi connectivity index (χ2n) is 5.22. The molecule has 1 atom stereocenters. The minimum Gasteiger partial charge on any atom is -0.396 e. The quantitative estimate of drug-likeness (QED) is 0.854. The number of carbonyl (C=O) groups is 1. The summed E-state index contributed by atoms with van der Waals surface area (Å²) in [5.74, 6) is -0.212. The molecule has 0 aliphatic carbocycles. The van der Waals surface area contributed by atoms with Crippen LogP contribution in [-0.4, -0.2) is 33.5 Å². The molecule has 1 aromatic carbocycles. The Hall–Kier alpha value is -2.40. The molecule has 1 heterocycles. The molecule has 0 aliphatic heterocycles. The fourth-order valence-electron chi connectivity index (χ4n) is 2.29. The lowest BCUT2D eigenvalue weighted by Crippen LogP contribution is -2.39. The van der Waals surface area contributed by atoms with Crippen LogP contribution < -0.4 is 5.56 Å². The van der Waals surface area contributed by atoms with Crippen LogP contribution in [0.2, 0.25) is 0 Å². The van der Waals surface area contributed by atoms with Crippen molar-refractivity contribution >= 4 is 5.91 Å². The molecule has 0 saturated carbocycles. The molecule has 0 bridgehead atoms. The van der Waals surface area contributed by atoms with E-state index in [9.17, 15) is 9.59 Å². The van der Waals surface area contributed by atoms with Crippen molar-refractivity contribution < 1.29 is 9.90 Å². The summed E-state index contributed by atoms with van der Waals surface area (Å²) in [4.78, 5) is 28.3. The number of aliphatic hydroxyl groups excluding tert-OH is 1. The molecule has 116 valence electrons. The van der Waals surface area contributed by atoms with Gasteiger partial charge in [-0.3, -0.25) is 9.59 Å². The number of benzene rings is 1. The highest BCUT2D eigenvalue weighted by atomic mass is 16.3. The van der Waals surface area contributed by atoms with Gasteiger partial charge < -0.3 is 15.0 Å². The van der Waals surface area contributed by atoms with Crippen LogP contribution in [0.25, 0.3) is 0 Å². The summed E-state index contributed by atoms with van der Waals surface area (Å²) in [7, 11) is 0. The second-order valence-corrected chi connectivity index (χ2v) is 5.22. The first-order valence-corrected chi connectivity index (χ1v) is 7.26. The molecule has 0 spiro atoms. The van der Waals surface area contributed by atoms with Crippen molar-refractivity contribution in [1.29, 1.82) is 0 Å². The van der Waals surface area contributed by atoms with Gasteiger partial charge in [0.25, 0.3) is 5.91 Å². The van der Waals surface area contributed by atoms with E-state index in [1.54, 1.807) is 11.0 Å². The van der Waals surface area contributed by atoms with Gasteiger partial charge in [-0.15, -0.1) is 0 Å². The van der Waals surface area contributed by atoms with E-state index in [1.807, 2.05) is 37.3 Å². The first kappa shape index (κ1) is 16.0. The zero-order valence-electron chi connectivity index (χ0n) is 12.5. The summed E-state index contributed by atoms with van der Waals surface area (Å²) in [5, 5.41) is 9.16. The van der Waals surface area contributed by atoms with Gasteiger partial charge in [0.1, 0.15) is 0 Å². The van der Waals surface area contributed by atoms with E-state index in [2.05, 4.69) is 4.98 Å². The normalized spacial score (nSPS) is 11.9. The van der Waals surface area contributed by atoms with Crippen molar-refractivity contribution in [2.24, 2.45) is 0 Å². The summed E-state index contributed by atoms with van der Waals surface area (Å²) in [5.41, 5.74) is 1.05. The maximum Gasteiger partial charge on any atom is 0.254 e. The Morgan fingerprint density at radius 3 is 2.64 bits per heavy atom. The predicted octanol–water partition coefficient (Wildman–Crippen LogP) is 1.79. The van der Waals surface area contributed by atoms with Crippen molar-refractivity contribution in [2.45, 2.75) is 25.9 Å². The zero-order chi connectivity index (χ0) is 15.9. The highest BCUT2D eigenvalue weighted by Crippen LogP contribution is 2.14. The van der Waals surface area contributed by atoms with Crippen molar-refractivity contribution in [3.8, 4) is 0 Å². The maximum atomic E-state index is 12.7. The van der Waals surface area contributed by atoms with Gasteiger partial charge in [-0.25, -0.2) is 0 Å². The van der Waals surface area contributed by atoms with Gasteiger partial charge in [-0.1, -0.05) is 30.3 Å². The monoisotopic (exact) mass is 300 g/mol. The van der Waals surface area contributed by atoms with E-state index in [0.29, 0.717) is 18.5 Å². The molecule has 0 fully saturated rings. The molecule has 0 saturated heterocycles. The molecule has 5 heteroatoms. The third kappa shape index (κ3) is 4.05. The molecule has 2 rings (SSSR count). The Morgan fingerprint density at radius 1 is 1.27 bits per heavy atom. The van der Waals surface area contributed by atoms with Crippen molar-refractivity contribution in [2.75, 3.05) is 6.61 Å². The number of hydrogen-bond acceptors (Lipinski definition) is 3. The highest BCUT2D eigenvalue weighted by Gasteiger charge is 2.21. The fraction of sp³-hybridized carbons (Fsp3) is 0.294. The van der Waals surface area contributed by atoms with Gasteiger partial charge in [0.05, 0.1) is 0 Å². The number of carbonyl (C=O) groups excluding carboxylic acids is 1. The van der Waals surface area contributed by atoms with E-state index in [1.165, 1.54) is 12.3 Å². The first-order chi connectivity index (χ1) is 10.6. The summed E-state index contributed by atoms with van der Waals surface area (Å²) in [6, 6.07) is 12.4. The standard InChI is InChI=1S/C17H20N2O3/c1-13(8-10-20)19(12-14-5-3-2-4-6-14)17(22)15-7-9-18-16(21)11-15/h2-7,9,11,13,20H,8,10,12H2,1H3,(H,18,21). The molecule has 0 aliphatic rings. The molecule has 2 N–H and O–H groups in total. The van der Waals surface area contributed by atoms with E-state index in [0.717, 1.165) is 5.56 Å². The summed E-state index contributed by atoms with van der Waals surface area (Å²) >= 11 is 0. The van der Waals surface area contributed by atoms with Gasteiger partial charge >= 0.3 is 0 Å². The highest BCUT2D eigenvalue weighted by molar-refractivity contribution is 5.94. The number of aromatic amines is 1. The Labute approximate surface area is 129 Å². The number of aliphatic hydroxyl groups is 1. The summed E-state index contributed by atoms with van der Waals surface area (Å²) in [6.07, 6.45) is 1.95. The van der Waals surface area contributed by atoms with Gasteiger partial charge in [-0.05, 0) is 25.0 Å². The van der Waals surface area contributed by atoms with Gasteiger partial charge in [-0.2, -0.15) is 0 Å². The molecule has 1 aromatic heterocycles. The van der Waals surface area contributed by atoms with Gasteiger partial charge in [0, 0.05) is 37.0 Å². The fourth-order valence-corrected chi connectivity index (χ4v) is 2.29. The number of H-pyrrole nitrogens is 1. The lowest BCUT2D eigenvalue weighted by Gasteiger charge is -2.29. The lowest BCUT2D eigenvalue weighted by molar-refractivity contribution is 0.0648. The molecular weight excluding hydrogens is 280 g/mol. The Kier molecular flexibility index (Phi) is 5.49. The number of pyridine rings is 1. The topological polar surface area (TPSA) is 73.4 Å². The number of nitrogens with one attached hydrogen (secondary N) is 1. The van der Waals surface area contributed by atoms with Gasteiger partial charge in [0.15, 0.2) is 0 Å². The number of rotatable bonds is 6. The van der Waals surface area contributed by atoms with Crippen LogP contribution in [0.3, 0.4) is 0 Å². The molecular formula is C17H20N2O3. The van der Waals surface area contributed by atoms with Crippen LogP contribution in [0.5, 0.6) is 0 Å². The average Bonchev–Trinajstić information content (AvgIpc) is 2.53. The maximum absolute atomic E-state index is 12.7. The Morgan fingerprint density at radius 2 is 2.00 bits per heavy atom. The lowest BCUT2D eigenvalue weighted by atomic mass is 10.1. The minimum absolute atomic E-state index is 0.00904. The second kappa shape index (κ2) is 7.56. The first-order valence-electron chi connectivity index (χ1n) is 7.26. The van der Waals surface area contributed by atoms with Crippen molar-refractivity contribution in [3.05, 3.63) is 70.1 Å². The molecule has 22 heavy (non-hydrogen) atoms. The zero-order valence-corrected chi connectivity index (χ0v) is 12.5. The molecule has 1 amide bonds. The van der Waals surface area contributed by atoms with Gasteiger partial charge in [0.2, 0.25) is 5.56 Å². The minimum atomic E-state index is -0.305. The van der Waals surface area contributed by atoms with Crippen LogP contribution in [-0.2, 0) is 6.54 Å². The third-order valence-electron chi connectivity index (χ3n) is 3.56. The van der Waals surface area contributed by atoms with Crippen LogP contribution in [0.1, 0.15) is 29.3 Å². The predicted molar refractivity (Wildman–Crippen MR) is 84.5 cm³/mol. The number of amides is 1. The average molecular weight is 300 g/mol. The van der Waals surface area contributed by atoms with E-state index in [4.69, 9.17) is 5.11 Å². The number of nitrogens with zero attached hydrogens (tertiary/aromatic N) is 1.